The number of rotatable bonds is 9. The lowest BCUT2D eigenvalue weighted by Crippen LogP contribution is -2.22. The van der Waals surface area contributed by atoms with E-state index in [1.165, 1.54) is 48.0 Å². The molecule has 1 aliphatic heterocycles. The van der Waals surface area contributed by atoms with Crippen molar-refractivity contribution in [1.82, 2.24) is 14.2 Å². The third-order valence-electron chi connectivity index (χ3n) is 4.79. The van der Waals surface area contributed by atoms with Gasteiger partial charge in [-0.05, 0) is 56.6 Å². The molecule has 0 spiro atoms. The van der Waals surface area contributed by atoms with E-state index in [0.29, 0.717) is 0 Å². The van der Waals surface area contributed by atoms with Gasteiger partial charge in [0, 0.05) is 42.5 Å². The Hall–Kier alpha value is -2.07. The first-order valence-corrected chi connectivity index (χ1v) is 10.9. The van der Waals surface area contributed by atoms with E-state index in [2.05, 4.69) is 52.7 Å². The van der Waals surface area contributed by atoms with Crippen molar-refractivity contribution in [3.05, 3.63) is 35.5 Å². The Morgan fingerprint density at radius 3 is 2.50 bits per heavy atom. The number of aliphatic hydroxyl groups is 1. The van der Waals surface area contributed by atoms with Crippen LogP contribution in [-0.2, 0) is 21.8 Å². The lowest BCUT2D eigenvalue weighted by atomic mass is 10.1. The average molecular weight is 438 g/mol. The van der Waals surface area contributed by atoms with Crippen LogP contribution < -0.4 is 0 Å². The smallest absolute Gasteiger partial charge is 0.333 e. The van der Waals surface area contributed by atoms with Crippen LogP contribution in [0, 0.1) is 0 Å². The fraction of sp³-hybridized carbons (Fsp3) is 0.524. The zero-order chi connectivity index (χ0) is 22.1. The number of aliphatic carboxylic acids is 2. The van der Waals surface area contributed by atoms with E-state index in [9.17, 15) is 9.59 Å². The predicted molar refractivity (Wildman–Crippen MR) is 119 cm³/mol. The molecule has 1 aliphatic rings. The molecular formula is C21H31N3O5S. The van der Waals surface area contributed by atoms with Gasteiger partial charge in [0.2, 0.25) is 0 Å². The van der Waals surface area contributed by atoms with E-state index in [1.54, 1.807) is 0 Å². The fourth-order valence-electron chi connectivity index (χ4n) is 3.10. The molecule has 1 aromatic carbocycles. The first-order chi connectivity index (χ1) is 14.3. The normalized spacial score (nSPS) is 15.2. The van der Waals surface area contributed by atoms with Crippen molar-refractivity contribution in [1.29, 1.82) is 0 Å². The Balaban J connectivity index is 0.000000303. The number of fused-ring (bicyclic) bond motifs is 1. The van der Waals surface area contributed by atoms with Crippen LogP contribution in [0.3, 0.4) is 0 Å². The third-order valence-corrected chi connectivity index (χ3v) is 5.98. The van der Waals surface area contributed by atoms with Crippen LogP contribution in [0.5, 0.6) is 0 Å². The number of benzene rings is 1. The number of hydrogen-bond acceptors (Lipinski definition) is 6. The molecule has 2 heterocycles. The number of nitrogens with zero attached hydrogens (tertiary/aromatic N) is 2. The minimum Gasteiger partial charge on any atom is -0.481 e. The summed E-state index contributed by atoms with van der Waals surface area (Å²) in [6.45, 7) is 3.61. The van der Waals surface area contributed by atoms with Gasteiger partial charge in [0.25, 0.3) is 0 Å². The molecule has 1 aromatic heterocycles. The van der Waals surface area contributed by atoms with Gasteiger partial charge in [-0.1, -0.05) is 18.0 Å². The van der Waals surface area contributed by atoms with Crippen molar-refractivity contribution in [2.75, 3.05) is 33.7 Å². The molecule has 9 heteroatoms. The molecule has 0 amide bonds. The highest BCUT2D eigenvalue weighted by Gasteiger charge is 2.16. The number of nitrogens with one attached hydrogen (secondary N) is 1. The molecule has 1 saturated heterocycles. The summed E-state index contributed by atoms with van der Waals surface area (Å²) in [4.78, 5) is 25.1. The lowest BCUT2D eigenvalue weighted by molar-refractivity contribution is -0.152. The molecule has 1 fully saturated rings. The number of carbonyl (C=O) groups is 2. The van der Waals surface area contributed by atoms with Crippen molar-refractivity contribution in [3.63, 3.8) is 0 Å². The number of likely N-dealkylation sites (N-methyl/N-ethyl adjacent to an activating group) is 1. The minimum absolute atomic E-state index is 0.755. The fourth-order valence-corrected chi connectivity index (χ4v) is 4.13. The van der Waals surface area contributed by atoms with E-state index in [-0.39, 0.29) is 0 Å². The van der Waals surface area contributed by atoms with E-state index in [1.807, 2.05) is 11.9 Å². The van der Waals surface area contributed by atoms with Gasteiger partial charge < -0.3 is 25.2 Å². The van der Waals surface area contributed by atoms with Crippen molar-refractivity contribution < 1.29 is 24.9 Å². The monoisotopic (exact) mass is 437 g/mol. The van der Waals surface area contributed by atoms with E-state index < -0.39 is 24.5 Å². The van der Waals surface area contributed by atoms with E-state index in [0.717, 1.165) is 18.7 Å². The molecule has 8 nitrogen and oxygen atoms in total. The first-order valence-electron chi connectivity index (χ1n) is 10.0. The van der Waals surface area contributed by atoms with Crippen molar-refractivity contribution in [2.24, 2.45) is 0 Å². The molecule has 30 heavy (non-hydrogen) atoms. The maximum absolute atomic E-state index is 9.72. The molecule has 0 radical (unpaired) electrons. The summed E-state index contributed by atoms with van der Waals surface area (Å²) in [7, 11) is 4.26. The minimum atomic E-state index is -1.79. The molecular weight excluding hydrogens is 406 g/mol. The second kappa shape index (κ2) is 11.9. The van der Waals surface area contributed by atoms with Crippen molar-refractivity contribution >= 4 is 34.8 Å². The quantitative estimate of drug-likeness (QED) is 0.442. The highest BCUT2D eigenvalue weighted by Crippen LogP contribution is 2.26. The van der Waals surface area contributed by atoms with E-state index >= 15 is 0 Å². The molecule has 2 aromatic rings. The SMILES string of the molecule is CN(C)CCc1c[nH]c2ccc(CSN3CCCC3)cc12.O=C(O)CC(O)C(=O)O. The molecule has 1 atom stereocenters. The summed E-state index contributed by atoms with van der Waals surface area (Å²) < 4.78 is 2.51. The lowest BCUT2D eigenvalue weighted by Gasteiger charge is -2.13. The summed E-state index contributed by atoms with van der Waals surface area (Å²) in [6, 6.07) is 6.87. The van der Waals surface area contributed by atoms with Crippen molar-refractivity contribution in [2.45, 2.75) is 37.5 Å². The van der Waals surface area contributed by atoms with Crippen LogP contribution in [-0.4, -0.2) is 81.3 Å². The molecule has 166 valence electrons. The number of aromatic nitrogens is 1. The van der Waals surface area contributed by atoms with E-state index in [4.69, 9.17) is 15.3 Å². The van der Waals surface area contributed by atoms with Gasteiger partial charge in [0.05, 0.1) is 6.42 Å². The number of carboxylic acid groups (broad SMARTS) is 2. The third kappa shape index (κ3) is 7.98. The number of H-pyrrole nitrogens is 1. The van der Waals surface area contributed by atoms with Crippen LogP contribution >= 0.6 is 11.9 Å². The Bertz CT molecular complexity index is 833. The summed E-state index contributed by atoms with van der Waals surface area (Å²) in [5.41, 5.74) is 4.13. The molecule has 1 unspecified atom stereocenters. The average Bonchev–Trinajstić information content (AvgIpc) is 3.34. The highest BCUT2D eigenvalue weighted by atomic mass is 32.2. The largest absolute Gasteiger partial charge is 0.481 e. The van der Waals surface area contributed by atoms with Crippen molar-refractivity contribution in [3.8, 4) is 0 Å². The number of hydrogen-bond donors (Lipinski definition) is 4. The zero-order valence-corrected chi connectivity index (χ0v) is 18.3. The zero-order valence-electron chi connectivity index (χ0n) is 17.5. The second-order valence-corrected chi connectivity index (χ2v) is 8.67. The summed E-state index contributed by atoms with van der Waals surface area (Å²) in [5.74, 6) is -1.75. The number of carboxylic acids is 2. The predicted octanol–water partition coefficient (Wildman–Crippen LogP) is 2.42. The topological polar surface area (TPSA) is 117 Å². The van der Waals surface area contributed by atoms with Crippen LogP contribution in [0.1, 0.15) is 30.4 Å². The summed E-state index contributed by atoms with van der Waals surface area (Å²) >= 11 is 1.99. The van der Waals surface area contributed by atoms with Gasteiger partial charge in [-0.2, -0.15) is 0 Å². The molecule has 4 N–H and O–H groups in total. The number of aliphatic hydroxyl groups excluding tert-OH is 1. The van der Waals surface area contributed by atoms with Gasteiger partial charge in [-0.25, -0.2) is 4.79 Å². The van der Waals surface area contributed by atoms with Gasteiger partial charge in [0.1, 0.15) is 0 Å². The Morgan fingerprint density at radius 1 is 1.23 bits per heavy atom. The van der Waals surface area contributed by atoms with Gasteiger partial charge in [0.15, 0.2) is 6.10 Å². The maximum Gasteiger partial charge on any atom is 0.333 e. The van der Waals surface area contributed by atoms with Crippen LogP contribution in [0.15, 0.2) is 24.4 Å². The molecule has 0 bridgehead atoms. The molecule has 0 saturated carbocycles. The van der Waals surface area contributed by atoms with Gasteiger partial charge >= 0.3 is 11.9 Å². The maximum atomic E-state index is 9.72. The van der Waals surface area contributed by atoms with Crippen LogP contribution in [0.2, 0.25) is 0 Å². The standard InChI is InChI=1S/C17H25N3S.C4H6O5/c1-19(2)10-7-15-12-18-17-6-5-14(11-16(15)17)13-21-20-8-3-4-9-20;5-2(4(8)9)1-3(6)7/h5-6,11-12,18H,3-4,7-10,13H2,1-2H3;2,5H,1H2,(H,6,7)(H,8,9). The summed E-state index contributed by atoms with van der Waals surface area (Å²) in [5, 5.41) is 25.5. The van der Waals surface area contributed by atoms with Crippen LogP contribution in [0.4, 0.5) is 0 Å². The Morgan fingerprint density at radius 2 is 1.93 bits per heavy atom. The highest BCUT2D eigenvalue weighted by molar-refractivity contribution is 7.96. The number of aromatic amines is 1. The van der Waals surface area contributed by atoms with Gasteiger partial charge in [-0.3, -0.25) is 9.10 Å². The first kappa shape index (κ1) is 24.2. The summed E-state index contributed by atoms with van der Waals surface area (Å²) in [6.07, 6.45) is 3.45. The van der Waals surface area contributed by atoms with Crippen LogP contribution in [0.25, 0.3) is 10.9 Å². The second-order valence-electron chi connectivity index (χ2n) is 7.61. The molecule has 0 aliphatic carbocycles. The Labute approximate surface area is 181 Å². The van der Waals surface area contributed by atoms with Gasteiger partial charge in [-0.15, -0.1) is 0 Å². The Kier molecular flexibility index (Phi) is 9.64. The molecule has 3 rings (SSSR count).